The maximum absolute atomic E-state index is 13.1. The Kier molecular flexibility index (Phi) is 4.31. The van der Waals surface area contributed by atoms with E-state index in [1.165, 1.54) is 27.5 Å². The van der Waals surface area contributed by atoms with E-state index in [1.54, 1.807) is 19.1 Å². The highest BCUT2D eigenvalue weighted by Crippen LogP contribution is 2.37. The van der Waals surface area contributed by atoms with Gasteiger partial charge in [0.25, 0.3) is 5.56 Å². The molecule has 4 aromatic rings. The van der Waals surface area contributed by atoms with Gasteiger partial charge in [0.2, 0.25) is 11.8 Å². The molecule has 1 saturated heterocycles. The highest BCUT2D eigenvalue weighted by atomic mass is 19.1. The van der Waals surface area contributed by atoms with Gasteiger partial charge in [0, 0.05) is 5.92 Å². The highest BCUT2D eigenvalue weighted by Gasteiger charge is 2.31. The third kappa shape index (κ3) is 3.12. The van der Waals surface area contributed by atoms with Crippen molar-refractivity contribution in [3.05, 3.63) is 69.7 Å². The van der Waals surface area contributed by atoms with Gasteiger partial charge < -0.3 is 15.0 Å². The molecule has 0 aliphatic carbocycles. The van der Waals surface area contributed by atoms with Gasteiger partial charge >= 0.3 is 0 Å². The number of halogens is 1. The quantitative estimate of drug-likeness (QED) is 0.537. The van der Waals surface area contributed by atoms with E-state index in [-0.39, 0.29) is 41.8 Å². The van der Waals surface area contributed by atoms with Gasteiger partial charge in [-0.1, -0.05) is 17.3 Å². The summed E-state index contributed by atoms with van der Waals surface area (Å²) >= 11 is 0. The fourth-order valence-electron chi connectivity index (χ4n) is 3.65. The van der Waals surface area contributed by atoms with E-state index in [2.05, 4.69) is 20.2 Å². The van der Waals surface area contributed by atoms with Crippen LogP contribution in [0.2, 0.25) is 0 Å². The highest BCUT2D eigenvalue weighted by molar-refractivity contribution is 5.49. The number of nitrogen functional groups attached to an aromatic ring is 1. The van der Waals surface area contributed by atoms with Crippen LogP contribution in [0.5, 0.6) is 0 Å². The van der Waals surface area contributed by atoms with E-state index in [9.17, 15) is 9.18 Å². The predicted molar refractivity (Wildman–Crippen MR) is 102 cm³/mol. The smallest absolute Gasteiger partial charge is 0.281 e. The van der Waals surface area contributed by atoms with Crippen LogP contribution in [0, 0.1) is 12.7 Å². The lowest BCUT2D eigenvalue weighted by molar-refractivity contribution is 0.110. The molecule has 154 valence electrons. The molecule has 0 saturated carbocycles. The molecule has 0 radical (unpaired) electrons. The summed E-state index contributed by atoms with van der Waals surface area (Å²) in [6.07, 6.45) is 1.93. The fraction of sp³-hybridized carbons (Fsp3) is 0.316. The zero-order valence-corrected chi connectivity index (χ0v) is 16.0. The predicted octanol–water partition coefficient (Wildman–Crippen LogP) is 1.60. The number of nitrogens with zero attached hydrogens (tertiary/aromatic N) is 6. The number of fused-ring (bicyclic) bond motifs is 1. The van der Waals surface area contributed by atoms with Crippen molar-refractivity contribution >= 4 is 11.5 Å². The van der Waals surface area contributed by atoms with Crippen LogP contribution in [0.25, 0.3) is 5.52 Å². The van der Waals surface area contributed by atoms with Crippen molar-refractivity contribution in [3.8, 4) is 0 Å². The Bertz CT molecular complexity index is 1280. The van der Waals surface area contributed by atoms with E-state index < -0.39 is 0 Å². The van der Waals surface area contributed by atoms with Crippen molar-refractivity contribution in [2.45, 2.75) is 31.9 Å². The number of ether oxygens (including phenoxy) is 1. The molecular formula is C19H18FN7O3. The topological polar surface area (TPSA) is 126 Å². The maximum Gasteiger partial charge on any atom is 0.281 e. The second-order valence-electron chi connectivity index (χ2n) is 7.23. The summed E-state index contributed by atoms with van der Waals surface area (Å²) in [6, 6.07) is 6.24. The second kappa shape index (κ2) is 7.02. The van der Waals surface area contributed by atoms with Gasteiger partial charge in [-0.05, 0) is 31.0 Å². The van der Waals surface area contributed by atoms with E-state index >= 15 is 0 Å². The van der Waals surface area contributed by atoms with E-state index in [0.717, 1.165) is 5.56 Å². The molecule has 11 heteroatoms. The Hall–Kier alpha value is -3.60. The molecule has 0 spiro atoms. The minimum absolute atomic E-state index is 0.000749. The van der Waals surface area contributed by atoms with E-state index in [1.807, 2.05) is 0 Å². The van der Waals surface area contributed by atoms with Crippen LogP contribution in [0.15, 0.2) is 39.9 Å². The zero-order chi connectivity index (χ0) is 20.8. The third-order valence-electron chi connectivity index (χ3n) is 5.25. The lowest BCUT2D eigenvalue weighted by Crippen LogP contribution is -2.27. The van der Waals surface area contributed by atoms with Crippen LogP contribution in [-0.2, 0) is 11.3 Å². The second-order valence-corrected chi connectivity index (χ2v) is 7.23. The molecule has 1 fully saturated rings. The van der Waals surface area contributed by atoms with Crippen LogP contribution < -0.4 is 11.3 Å². The van der Waals surface area contributed by atoms with Crippen molar-refractivity contribution in [1.82, 2.24) is 29.3 Å². The molecule has 30 heavy (non-hydrogen) atoms. The monoisotopic (exact) mass is 411 g/mol. The Morgan fingerprint density at radius 2 is 2.10 bits per heavy atom. The number of benzene rings is 1. The molecule has 0 unspecified atom stereocenters. The molecule has 0 bridgehead atoms. The number of hydrogen-bond acceptors (Lipinski definition) is 8. The number of nitrogens with two attached hydrogens (primary N) is 1. The number of hydrogen-bond donors (Lipinski definition) is 1. The van der Waals surface area contributed by atoms with Gasteiger partial charge in [-0.3, -0.25) is 9.36 Å². The van der Waals surface area contributed by atoms with Gasteiger partial charge in [0.05, 0.1) is 18.4 Å². The molecule has 3 aromatic heterocycles. The van der Waals surface area contributed by atoms with Crippen molar-refractivity contribution in [3.63, 3.8) is 0 Å². The summed E-state index contributed by atoms with van der Waals surface area (Å²) in [5.74, 6) is 0.405. The molecule has 1 aliphatic heterocycles. The van der Waals surface area contributed by atoms with Crippen LogP contribution in [0.1, 0.15) is 41.4 Å². The Balaban J connectivity index is 1.35. The normalized spacial score (nSPS) is 19.0. The summed E-state index contributed by atoms with van der Waals surface area (Å²) in [4.78, 5) is 21.3. The van der Waals surface area contributed by atoms with Crippen LogP contribution in [0.3, 0.4) is 0 Å². The van der Waals surface area contributed by atoms with Gasteiger partial charge in [0.1, 0.15) is 18.7 Å². The Labute approximate surface area is 169 Å². The number of imidazole rings is 1. The molecule has 0 amide bonds. The first kappa shape index (κ1) is 18.4. The van der Waals surface area contributed by atoms with Gasteiger partial charge in [-0.2, -0.15) is 4.98 Å². The first-order chi connectivity index (χ1) is 14.5. The minimum Gasteiger partial charge on any atom is -0.373 e. The molecule has 2 atom stereocenters. The Morgan fingerprint density at radius 1 is 1.30 bits per heavy atom. The minimum atomic E-state index is -0.335. The number of aromatic nitrogens is 6. The summed E-state index contributed by atoms with van der Waals surface area (Å²) < 4.78 is 26.9. The van der Waals surface area contributed by atoms with Crippen molar-refractivity contribution in [2.24, 2.45) is 0 Å². The molecule has 5 rings (SSSR count). The third-order valence-corrected chi connectivity index (χ3v) is 5.25. The van der Waals surface area contributed by atoms with Gasteiger partial charge in [-0.15, -0.1) is 5.10 Å². The van der Waals surface area contributed by atoms with Crippen LogP contribution in [0.4, 0.5) is 10.3 Å². The average molecular weight is 411 g/mol. The summed E-state index contributed by atoms with van der Waals surface area (Å²) in [5.41, 5.74) is 7.40. The maximum atomic E-state index is 13.1. The molecule has 1 aliphatic rings. The molecule has 4 heterocycles. The van der Waals surface area contributed by atoms with E-state index in [0.29, 0.717) is 30.1 Å². The molecule has 2 N–H and O–H groups in total. The lowest BCUT2D eigenvalue weighted by atomic mass is 10.00. The first-order valence-corrected chi connectivity index (χ1v) is 9.39. The van der Waals surface area contributed by atoms with Crippen LogP contribution in [-0.4, -0.2) is 35.9 Å². The largest absolute Gasteiger partial charge is 0.373 e. The molecule has 1 aromatic carbocycles. The number of anilines is 1. The SMILES string of the molecule is Cc1ncn2nc(N)n(Cc3nc([C@@H]4CO[C@@H](c5ccc(F)cc5)C4)no3)c(=O)c12. The fourth-order valence-corrected chi connectivity index (χ4v) is 3.65. The lowest BCUT2D eigenvalue weighted by Gasteiger charge is -2.08. The first-order valence-electron chi connectivity index (χ1n) is 9.39. The molecule has 10 nitrogen and oxygen atoms in total. The van der Waals surface area contributed by atoms with Gasteiger partial charge in [-0.25, -0.2) is 13.9 Å². The summed E-state index contributed by atoms with van der Waals surface area (Å²) in [6.45, 7) is 2.15. The van der Waals surface area contributed by atoms with Crippen LogP contribution >= 0.6 is 0 Å². The summed E-state index contributed by atoms with van der Waals surface area (Å²) in [5, 5.41) is 8.19. The van der Waals surface area contributed by atoms with E-state index in [4.69, 9.17) is 15.0 Å². The van der Waals surface area contributed by atoms with Gasteiger partial charge in [0.15, 0.2) is 11.3 Å². The molecular weight excluding hydrogens is 393 g/mol. The standard InChI is InChI=1S/C19H18FN7O3/c1-10-16-18(28)26(19(21)24-27(16)9-22-10)7-15-23-17(25-30-15)12-6-14(29-8-12)11-2-4-13(20)5-3-11/h2-5,9,12,14H,6-8H2,1H3,(H2,21,24)/t12-,14+/m0/s1. The van der Waals surface area contributed by atoms with Crippen molar-refractivity contribution in [2.75, 3.05) is 12.3 Å². The number of aryl methyl sites for hydroxylation is 1. The zero-order valence-electron chi connectivity index (χ0n) is 16.0. The Morgan fingerprint density at radius 3 is 2.90 bits per heavy atom. The average Bonchev–Trinajstić information content (AvgIpc) is 3.46. The van der Waals surface area contributed by atoms with Crippen molar-refractivity contribution < 1.29 is 13.7 Å². The van der Waals surface area contributed by atoms with Crippen molar-refractivity contribution in [1.29, 1.82) is 0 Å². The summed E-state index contributed by atoms with van der Waals surface area (Å²) in [7, 11) is 0. The number of rotatable bonds is 4.